The van der Waals surface area contributed by atoms with Crippen LogP contribution in [0.5, 0.6) is 5.75 Å². The summed E-state index contributed by atoms with van der Waals surface area (Å²) >= 11 is 13.5. The van der Waals surface area contributed by atoms with Crippen LogP contribution >= 0.6 is 35.0 Å². The second-order valence-corrected chi connectivity index (χ2v) is 7.83. The Balaban J connectivity index is 1.55. The average Bonchev–Trinajstić information content (AvgIpc) is 3.31. The first-order valence-corrected chi connectivity index (χ1v) is 10.1. The number of para-hydroxylation sites is 1. The number of nitrogens with one attached hydrogen (secondary N) is 1. The number of furan rings is 1. The minimum atomic E-state index is -0.244. The van der Waals surface area contributed by atoms with Gasteiger partial charge in [-0.1, -0.05) is 35.3 Å². The largest absolute Gasteiger partial charge is 0.495 e. The Hall–Kier alpha value is -2.67. The van der Waals surface area contributed by atoms with Gasteiger partial charge in [0, 0.05) is 11.6 Å². The highest BCUT2D eigenvalue weighted by atomic mass is 35.5. The lowest BCUT2D eigenvalue weighted by molar-refractivity contribution is -0.115. The maximum atomic E-state index is 12.3. The second-order valence-electron chi connectivity index (χ2n) is 5.98. The van der Waals surface area contributed by atoms with E-state index in [0.717, 1.165) is 5.56 Å². The van der Waals surface area contributed by atoms with Gasteiger partial charge in [0.25, 0.3) is 5.91 Å². The van der Waals surface area contributed by atoms with Crippen LogP contribution in [0.1, 0.15) is 5.76 Å². The number of benzene rings is 2. The molecule has 0 radical (unpaired) electrons. The Morgan fingerprint density at radius 1 is 1.10 bits per heavy atom. The number of carbonyl (C=O) groups excluding carboxylic acids is 1. The summed E-state index contributed by atoms with van der Waals surface area (Å²) in [6.07, 6.45) is 1.67. The number of hydrogen-bond acceptors (Lipinski definition) is 5. The molecule has 0 spiro atoms. The second kappa shape index (κ2) is 8.37. The highest BCUT2D eigenvalue weighted by molar-refractivity contribution is 8.18. The van der Waals surface area contributed by atoms with Gasteiger partial charge in [-0.25, -0.2) is 4.99 Å². The van der Waals surface area contributed by atoms with Gasteiger partial charge >= 0.3 is 0 Å². The van der Waals surface area contributed by atoms with Crippen molar-refractivity contribution < 1.29 is 13.9 Å². The number of rotatable bonds is 4. The van der Waals surface area contributed by atoms with Crippen molar-refractivity contribution in [3.8, 4) is 17.1 Å². The third-order valence-electron chi connectivity index (χ3n) is 4.06. The van der Waals surface area contributed by atoms with E-state index in [1.165, 1.54) is 11.8 Å². The molecule has 0 bridgehead atoms. The Morgan fingerprint density at radius 2 is 1.93 bits per heavy atom. The first-order valence-electron chi connectivity index (χ1n) is 8.51. The number of amides is 1. The lowest BCUT2D eigenvalue weighted by atomic mass is 10.2. The van der Waals surface area contributed by atoms with Gasteiger partial charge < -0.3 is 14.5 Å². The molecule has 1 aromatic heterocycles. The third-order valence-corrected chi connectivity index (χ3v) is 5.59. The molecular weight excluding hydrogens is 431 g/mol. The zero-order valence-corrected chi connectivity index (χ0v) is 17.4. The van der Waals surface area contributed by atoms with E-state index in [4.69, 9.17) is 32.4 Å². The lowest BCUT2D eigenvalue weighted by Gasteiger charge is -2.04. The molecule has 1 fully saturated rings. The van der Waals surface area contributed by atoms with Crippen LogP contribution in [0.25, 0.3) is 17.4 Å². The number of hydrogen-bond donors (Lipinski definition) is 1. The van der Waals surface area contributed by atoms with Crippen LogP contribution in [0.4, 0.5) is 5.69 Å². The first kappa shape index (κ1) is 19.6. The molecule has 0 atom stereocenters. The highest BCUT2D eigenvalue weighted by Gasteiger charge is 2.24. The molecule has 4 rings (SSSR count). The van der Waals surface area contributed by atoms with Gasteiger partial charge in [-0.3, -0.25) is 4.79 Å². The van der Waals surface area contributed by atoms with E-state index < -0.39 is 0 Å². The maximum absolute atomic E-state index is 12.3. The minimum Gasteiger partial charge on any atom is -0.495 e. The average molecular weight is 445 g/mol. The van der Waals surface area contributed by atoms with E-state index in [0.29, 0.717) is 43.1 Å². The van der Waals surface area contributed by atoms with E-state index in [-0.39, 0.29) is 5.91 Å². The van der Waals surface area contributed by atoms with Crippen LogP contribution in [0.3, 0.4) is 0 Å². The summed E-state index contributed by atoms with van der Waals surface area (Å²) in [5.74, 6) is 1.53. The molecule has 0 aliphatic carbocycles. The van der Waals surface area contributed by atoms with E-state index in [2.05, 4.69) is 10.3 Å². The van der Waals surface area contributed by atoms with Crippen molar-refractivity contribution in [2.24, 2.45) is 4.99 Å². The summed E-state index contributed by atoms with van der Waals surface area (Å²) in [6.45, 7) is 0. The van der Waals surface area contributed by atoms with Crippen LogP contribution < -0.4 is 10.1 Å². The number of methoxy groups -OCH3 is 1. The third kappa shape index (κ3) is 4.34. The number of aliphatic imine (C=N–C) groups is 1. The van der Waals surface area contributed by atoms with E-state index >= 15 is 0 Å². The Morgan fingerprint density at radius 3 is 2.69 bits per heavy atom. The predicted octanol–water partition coefficient (Wildman–Crippen LogP) is 6.15. The normalized spacial score (nSPS) is 16.4. The van der Waals surface area contributed by atoms with Gasteiger partial charge in [0.2, 0.25) is 0 Å². The van der Waals surface area contributed by atoms with E-state index in [9.17, 15) is 4.79 Å². The molecule has 0 unspecified atom stereocenters. The van der Waals surface area contributed by atoms with Crippen molar-refractivity contribution in [1.82, 2.24) is 5.32 Å². The monoisotopic (exact) mass is 444 g/mol. The summed E-state index contributed by atoms with van der Waals surface area (Å²) in [4.78, 5) is 17.1. The standard InChI is InChI=1S/C21H14Cl2N2O3S/c1-27-18-8-6-12(10-15(18)23)17-9-7-13(28-17)11-19-20(26)25-21(29-19)24-16-5-3-2-4-14(16)22/h2-11H,1H3,(H,24,25,26)/b19-11+. The highest BCUT2D eigenvalue weighted by Crippen LogP contribution is 2.33. The fraction of sp³-hybridized carbons (Fsp3) is 0.0476. The van der Waals surface area contributed by atoms with Crippen molar-refractivity contribution in [2.75, 3.05) is 7.11 Å². The fourth-order valence-electron chi connectivity index (χ4n) is 2.67. The van der Waals surface area contributed by atoms with Crippen molar-refractivity contribution in [3.63, 3.8) is 0 Å². The number of carbonyl (C=O) groups is 1. The summed E-state index contributed by atoms with van der Waals surface area (Å²) in [7, 11) is 1.56. The van der Waals surface area contributed by atoms with Gasteiger partial charge in [0.05, 0.1) is 27.7 Å². The van der Waals surface area contributed by atoms with Crippen molar-refractivity contribution in [1.29, 1.82) is 0 Å². The summed E-state index contributed by atoms with van der Waals surface area (Å²) < 4.78 is 11.0. The molecule has 29 heavy (non-hydrogen) atoms. The molecule has 1 aliphatic heterocycles. The van der Waals surface area contributed by atoms with Gasteiger partial charge in [-0.15, -0.1) is 0 Å². The Kier molecular flexibility index (Phi) is 5.67. The Bertz CT molecular complexity index is 1150. The number of thioether (sulfide) groups is 1. The summed E-state index contributed by atoms with van der Waals surface area (Å²) in [6, 6.07) is 16.2. The van der Waals surface area contributed by atoms with Gasteiger partial charge in [-0.05, 0) is 54.2 Å². The Labute approximate surface area is 181 Å². The van der Waals surface area contributed by atoms with Crippen molar-refractivity contribution in [3.05, 3.63) is 75.3 Å². The van der Waals surface area contributed by atoms with Crippen molar-refractivity contribution >= 4 is 57.8 Å². The van der Waals surface area contributed by atoms with Crippen molar-refractivity contribution in [2.45, 2.75) is 0 Å². The van der Waals surface area contributed by atoms with E-state index in [1.807, 2.05) is 24.3 Å². The topological polar surface area (TPSA) is 63.8 Å². The molecule has 146 valence electrons. The van der Waals surface area contributed by atoms with E-state index in [1.54, 1.807) is 43.5 Å². The first-order chi connectivity index (χ1) is 14.0. The van der Waals surface area contributed by atoms with Crippen LogP contribution in [-0.2, 0) is 4.79 Å². The zero-order valence-electron chi connectivity index (χ0n) is 15.1. The van der Waals surface area contributed by atoms with Crippen LogP contribution in [0.15, 0.2) is 68.9 Å². The smallest absolute Gasteiger partial charge is 0.264 e. The summed E-state index contributed by atoms with van der Waals surface area (Å²) in [5.41, 5.74) is 1.40. The van der Waals surface area contributed by atoms with Gasteiger partial charge in [-0.2, -0.15) is 0 Å². The summed E-state index contributed by atoms with van der Waals surface area (Å²) in [5, 5.41) is 4.20. The number of amidine groups is 1. The molecule has 1 amide bonds. The predicted molar refractivity (Wildman–Crippen MR) is 118 cm³/mol. The molecule has 0 saturated carbocycles. The SMILES string of the molecule is COc1ccc(-c2ccc(/C=C3/SC(=Nc4ccccc4Cl)NC3=O)o2)cc1Cl. The van der Waals surface area contributed by atoms with Gasteiger partial charge in [0.1, 0.15) is 17.3 Å². The molecule has 1 aliphatic rings. The quantitative estimate of drug-likeness (QED) is 0.489. The molecule has 8 heteroatoms. The molecule has 3 aromatic rings. The molecule has 2 aromatic carbocycles. The molecule has 2 heterocycles. The van der Waals surface area contributed by atoms with Crippen LogP contribution in [-0.4, -0.2) is 18.2 Å². The minimum absolute atomic E-state index is 0.244. The number of ether oxygens (including phenoxy) is 1. The molecule has 1 saturated heterocycles. The van der Waals surface area contributed by atoms with Crippen LogP contribution in [0, 0.1) is 0 Å². The maximum Gasteiger partial charge on any atom is 0.264 e. The molecule has 5 nitrogen and oxygen atoms in total. The molecular formula is C21H14Cl2N2O3S. The lowest BCUT2D eigenvalue weighted by Crippen LogP contribution is -2.19. The van der Waals surface area contributed by atoms with Gasteiger partial charge in [0.15, 0.2) is 5.17 Å². The number of nitrogens with zero attached hydrogens (tertiary/aromatic N) is 1. The fourth-order valence-corrected chi connectivity index (χ4v) is 3.92. The molecule has 1 N–H and O–H groups in total. The zero-order chi connectivity index (χ0) is 20.4. The number of halogens is 2. The van der Waals surface area contributed by atoms with Crippen LogP contribution in [0.2, 0.25) is 10.0 Å².